The number of pyridine rings is 1. The Morgan fingerprint density at radius 3 is 2.74 bits per heavy atom. The van der Waals surface area contributed by atoms with Crippen molar-refractivity contribution >= 4 is 22.7 Å². The van der Waals surface area contributed by atoms with Crippen LogP contribution in [0.4, 0.5) is 11.6 Å². The Kier molecular flexibility index (Phi) is 5.36. The largest absolute Gasteiger partial charge is 0.324 e. The van der Waals surface area contributed by atoms with Gasteiger partial charge in [-0.05, 0) is 49.2 Å². The maximum absolute atomic E-state index is 13.2. The van der Waals surface area contributed by atoms with E-state index in [0.29, 0.717) is 23.5 Å². The second-order valence-corrected chi connectivity index (χ2v) is 10.5. The molecule has 1 aliphatic heterocycles. The van der Waals surface area contributed by atoms with E-state index in [1.165, 1.54) is 11.1 Å². The molecule has 35 heavy (non-hydrogen) atoms. The number of hydrogen-bond donors (Lipinski definition) is 2. The smallest absolute Gasteiger partial charge is 0.278 e. The molecule has 0 unspecified atom stereocenters. The Bertz CT molecular complexity index is 1500. The molecule has 8 heteroatoms. The van der Waals surface area contributed by atoms with E-state index in [-0.39, 0.29) is 16.5 Å². The standard InChI is InChI=1S/C27H31N7O/c1-7-12-33-24(35)20-16-29-25(31-18-8-9-21-17(13-18)15-30-27(21,5)6)32-23(20)34(33)19-10-11-28-22(14-19)26(2,3)4/h7-11,13-14,16,30H,1,12,15H2,2-6H3,(H,29,31,32). The molecule has 0 saturated heterocycles. The van der Waals surface area contributed by atoms with Gasteiger partial charge in [0.15, 0.2) is 5.65 Å². The molecule has 3 aromatic heterocycles. The minimum absolute atomic E-state index is 0.0378. The zero-order chi connectivity index (χ0) is 25.0. The van der Waals surface area contributed by atoms with E-state index < -0.39 is 0 Å². The van der Waals surface area contributed by atoms with Crippen molar-refractivity contribution in [1.82, 2.24) is 29.6 Å². The van der Waals surface area contributed by atoms with Crippen molar-refractivity contribution in [3.63, 3.8) is 0 Å². The van der Waals surface area contributed by atoms with Gasteiger partial charge >= 0.3 is 0 Å². The second-order valence-electron chi connectivity index (χ2n) is 10.5. The summed E-state index contributed by atoms with van der Waals surface area (Å²) in [6, 6.07) is 10.2. The molecule has 4 aromatic rings. The second kappa shape index (κ2) is 8.16. The number of benzene rings is 1. The number of anilines is 2. The lowest BCUT2D eigenvalue weighted by molar-refractivity contribution is 0.442. The fraction of sp³-hybridized carbons (Fsp3) is 0.333. The Morgan fingerprint density at radius 2 is 2.00 bits per heavy atom. The summed E-state index contributed by atoms with van der Waals surface area (Å²) in [5.41, 5.74) is 5.39. The molecule has 0 bridgehead atoms. The van der Waals surface area contributed by atoms with Crippen molar-refractivity contribution in [2.24, 2.45) is 0 Å². The van der Waals surface area contributed by atoms with Crippen LogP contribution in [0, 0.1) is 0 Å². The van der Waals surface area contributed by atoms with Crippen LogP contribution in [-0.4, -0.2) is 24.3 Å². The quantitative estimate of drug-likeness (QED) is 0.417. The van der Waals surface area contributed by atoms with Crippen LogP contribution >= 0.6 is 0 Å². The third kappa shape index (κ3) is 4.04. The third-order valence-electron chi connectivity index (χ3n) is 6.49. The van der Waals surface area contributed by atoms with Gasteiger partial charge in [0.2, 0.25) is 5.95 Å². The number of aromatic nitrogens is 5. The highest BCUT2D eigenvalue weighted by Crippen LogP contribution is 2.32. The molecule has 1 aromatic carbocycles. The molecule has 4 heterocycles. The summed E-state index contributed by atoms with van der Waals surface area (Å²) in [5, 5.41) is 7.30. The lowest BCUT2D eigenvalue weighted by Crippen LogP contribution is -2.28. The topological polar surface area (TPSA) is 89.7 Å². The van der Waals surface area contributed by atoms with Crippen molar-refractivity contribution in [2.45, 2.75) is 58.7 Å². The molecule has 5 rings (SSSR count). The van der Waals surface area contributed by atoms with Gasteiger partial charge in [-0.3, -0.25) is 9.78 Å². The van der Waals surface area contributed by atoms with Crippen molar-refractivity contribution in [1.29, 1.82) is 0 Å². The molecule has 0 fully saturated rings. The minimum atomic E-state index is -0.161. The van der Waals surface area contributed by atoms with E-state index in [4.69, 9.17) is 4.98 Å². The number of hydrogen-bond acceptors (Lipinski definition) is 6. The lowest BCUT2D eigenvalue weighted by atomic mass is 9.91. The fourth-order valence-corrected chi connectivity index (χ4v) is 4.57. The number of allylic oxidation sites excluding steroid dienone is 1. The highest BCUT2D eigenvalue weighted by Gasteiger charge is 2.29. The van der Waals surface area contributed by atoms with Gasteiger partial charge in [-0.1, -0.05) is 32.9 Å². The highest BCUT2D eigenvalue weighted by atomic mass is 16.1. The monoisotopic (exact) mass is 469 g/mol. The van der Waals surface area contributed by atoms with Crippen LogP contribution in [0.5, 0.6) is 0 Å². The summed E-state index contributed by atoms with van der Waals surface area (Å²) >= 11 is 0. The van der Waals surface area contributed by atoms with Gasteiger partial charge in [0.05, 0.1) is 12.2 Å². The molecule has 1 aliphatic rings. The van der Waals surface area contributed by atoms with Crippen molar-refractivity contribution < 1.29 is 0 Å². The number of nitrogens with zero attached hydrogens (tertiary/aromatic N) is 5. The molecule has 0 spiro atoms. The van der Waals surface area contributed by atoms with E-state index in [9.17, 15) is 4.79 Å². The van der Waals surface area contributed by atoms with Gasteiger partial charge in [-0.2, -0.15) is 4.98 Å². The normalized spacial score (nSPS) is 14.8. The predicted molar refractivity (Wildman–Crippen MR) is 139 cm³/mol. The summed E-state index contributed by atoms with van der Waals surface area (Å²) in [5.74, 6) is 0.428. The summed E-state index contributed by atoms with van der Waals surface area (Å²) in [7, 11) is 0. The fourth-order valence-electron chi connectivity index (χ4n) is 4.57. The van der Waals surface area contributed by atoms with Crippen LogP contribution in [0.3, 0.4) is 0 Å². The lowest BCUT2D eigenvalue weighted by Gasteiger charge is -2.19. The predicted octanol–water partition coefficient (Wildman–Crippen LogP) is 4.54. The van der Waals surface area contributed by atoms with Crippen LogP contribution in [0.2, 0.25) is 0 Å². The molecule has 180 valence electrons. The number of nitrogens with one attached hydrogen (secondary N) is 2. The van der Waals surface area contributed by atoms with Gasteiger partial charge in [0.1, 0.15) is 5.39 Å². The van der Waals surface area contributed by atoms with Crippen LogP contribution in [-0.2, 0) is 24.0 Å². The average Bonchev–Trinajstić information content (AvgIpc) is 3.26. The first-order valence-corrected chi connectivity index (χ1v) is 11.8. The SMILES string of the molecule is C=CCn1c(=O)c2cnc(Nc3ccc4c(c3)CNC4(C)C)nc2n1-c1ccnc(C(C)(C)C)c1. The molecule has 0 saturated carbocycles. The molecule has 8 nitrogen and oxygen atoms in total. The van der Waals surface area contributed by atoms with E-state index >= 15 is 0 Å². The molecule has 0 radical (unpaired) electrons. The van der Waals surface area contributed by atoms with E-state index in [0.717, 1.165) is 23.6 Å². The van der Waals surface area contributed by atoms with Crippen LogP contribution in [0.1, 0.15) is 51.4 Å². The summed E-state index contributed by atoms with van der Waals surface area (Å²) < 4.78 is 3.46. The van der Waals surface area contributed by atoms with Gasteiger partial charge in [-0.15, -0.1) is 6.58 Å². The maximum Gasteiger partial charge on any atom is 0.278 e. The zero-order valence-corrected chi connectivity index (χ0v) is 20.9. The Morgan fingerprint density at radius 1 is 1.20 bits per heavy atom. The Balaban J connectivity index is 1.61. The third-order valence-corrected chi connectivity index (χ3v) is 6.49. The van der Waals surface area contributed by atoms with Gasteiger partial charge in [-0.25, -0.2) is 14.3 Å². The minimum Gasteiger partial charge on any atom is -0.324 e. The van der Waals surface area contributed by atoms with Crippen molar-refractivity contribution in [3.05, 3.63) is 82.6 Å². The molecular weight excluding hydrogens is 438 g/mol. The summed E-state index contributed by atoms with van der Waals surface area (Å²) in [6.07, 6.45) is 5.06. The van der Waals surface area contributed by atoms with E-state index in [1.54, 1.807) is 23.2 Å². The Hall–Kier alpha value is -3.78. The van der Waals surface area contributed by atoms with Crippen LogP contribution in [0.25, 0.3) is 16.7 Å². The maximum atomic E-state index is 13.2. The average molecular weight is 470 g/mol. The van der Waals surface area contributed by atoms with E-state index in [2.05, 4.69) is 73.9 Å². The molecule has 0 atom stereocenters. The Labute approximate surface area is 204 Å². The van der Waals surface area contributed by atoms with Crippen molar-refractivity contribution in [2.75, 3.05) is 5.32 Å². The van der Waals surface area contributed by atoms with Crippen molar-refractivity contribution in [3.8, 4) is 5.69 Å². The number of rotatable bonds is 5. The molecule has 0 amide bonds. The molecule has 2 N–H and O–H groups in total. The van der Waals surface area contributed by atoms with Gasteiger partial charge < -0.3 is 10.6 Å². The van der Waals surface area contributed by atoms with Gasteiger partial charge in [0, 0.05) is 41.3 Å². The first kappa shape index (κ1) is 23.0. The summed E-state index contributed by atoms with van der Waals surface area (Å²) in [6.45, 7) is 15.7. The van der Waals surface area contributed by atoms with Crippen LogP contribution in [0.15, 0.2) is 60.2 Å². The first-order valence-electron chi connectivity index (χ1n) is 11.8. The highest BCUT2D eigenvalue weighted by molar-refractivity contribution is 5.77. The van der Waals surface area contributed by atoms with Gasteiger partial charge in [0.25, 0.3) is 5.56 Å². The number of fused-ring (bicyclic) bond motifs is 2. The zero-order valence-electron chi connectivity index (χ0n) is 20.9. The van der Waals surface area contributed by atoms with E-state index in [1.807, 2.05) is 22.9 Å². The molecule has 0 aliphatic carbocycles. The summed E-state index contributed by atoms with van der Waals surface area (Å²) in [4.78, 5) is 27.0. The van der Waals surface area contributed by atoms with Crippen LogP contribution < -0.4 is 16.2 Å². The first-order chi connectivity index (χ1) is 16.6. The molecular formula is C27H31N7O.